The quantitative estimate of drug-likeness (QED) is 0.237. The molecule has 1 aliphatic heterocycles. The Morgan fingerprint density at radius 3 is 2.74 bits per heavy atom. The van der Waals surface area contributed by atoms with Gasteiger partial charge in [-0.3, -0.25) is 4.99 Å². The summed E-state index contributed by atoms with van der Waals surface area (Å²) in [5, 5.41) is 7.06. The number of pyridine rings is 1. The van der Waals surface area contributed by atoms with Crippen LogP contribution >= 0.6 is 47.2 Å². The zero-order valence-corrected chi connectivity index (χ0v) is 18.2. The molecule has 1 aromatic carbocycles. The second-order valence-electron chi connectivity index (χ2n) is 5.51. The van der Waals surface area contributed by atoms with E-state index in [0.29, 0.717) is 53.9 Å². The number of ether oxygens (including phenoxy) is 2. The number of hydrogen-bond acceptors (Lipinski definition) is 5. The Morgan fingerprint density at radius 2 is 1.96 bits per heavy atom. The van der Waals surface area contributed by atoms with Gasteiger partial charge in [0.15, 0.2) is 17.5 Å². The maximum atomic E-state index is 6.04. The van der Waals surface area contributed by atoms with E-state index < -0.39 is 0 Å². The van der Waals surface area contributed by atoms with Crippen LogP contribution in [0.15, 0.2) is 35.5 Å². The number of fused-ring (bicyclic) bond motifs is 1. The first-order valence-corrected chi connectivity index (χ1v) is 8.89. The Kier molecular flexibility index (Phi) is 8.52. The van der Waals surface area contributed by atoms with Gasteiger partial charge in [-0.25, -0.2) is 4.98 Å². The van der Waals surface area contributed by atoms with Crippen molar-refractivity contribution in [3.05, 3.63) is 40.5 Å². The number of halogens is 3. The molecule has 10 heteroatoms. The molecule has 2 aromatic rings. The van der Waals surface area contributed by atoms with Crippen LogP contribution in [0.25, 0.3) is 0 Å². The van der Waals surface area contributed by atoms with Crippen LogP contribution in [0.4, 0.5) is 11.5 Å². The van der Waals surface area contributed by atoms with Crippen molar-refractivity contribution < 1.29 is 9.47 Å². The predicted molar refractivity (Wildman–Crippen MR) is 120 cm³/mol. The number of benzene rings is 1. The van der Waals surface area contributed by atoms with Crippen LogP contribution < -0.4 is 25.8 Å². The molecule has 27 heavy (non-hydrogen) atoms. The third kappa shape index (κ3) is 6.47. The average molecular weight is 524 g/mol. The Hall–Kier alpha value is -1.65. The maximum Gasteiger partial charge on any atom is 0.193 e. The minimum absolute atomic E-state index is 0. The Balaban J connectivity index is 0.00000261. The molecule has 0 bridgehead atoms. The molecule has 1 aliphatic rings. The number of anilines is 2. The Labute approximate surface area is 184 Å². The van der Waals surface area contributed by atoms with E-state index in [1.807, 2.05) is 18.2 Å². The van der Waals surface area contributed by atoms with Crippen LogP contribution in [0.1, 0.15) is 6.42 Å². The number of nitrogens with zero attached hydrogens (tertiary/aromatic N) is 2. The van der Waals surface area contributed by atoms with Gasteiger partial charge >= 0.3 is 0 Å². The first-order chi connectivity index (χ1) is 12.6. The number of guanidine groups is 1. The fourth-order valence-electron chi connectivity index (χ4n) is 2.32. The average Bonchev–Trinajstić information content (AvgIpc) is 2.85. The molecule has 0 saturated heterocycles. The summed E-state index contributed by atoms with van der Waals surface area (Å²) in [6, 6.07) is 7.19. The fourth-order valence-corrected chi connectivity index (χ4v) is 2.77. The van der Waals surface area contributed by atoms with Gasteiger partial charge in [0.25, 0.3) is 0 Å². The molecule has 0 fully saturated rings. The van der Waals surface area contributed by atoms with Crippen LogP contribution in [0.3, 0.4) is 0 Å². The van der Waals surface area contributed by atoms with E-state index >= 15 is 0 Å². The highest BCUT2D eigenvalue weighted by atomic mass is 127. The third-order valence-electron chi connectivity index (χ3n) is 3.51. The van der Waals surface area contributed by atoms with Crippen LogP contribution in [0.2, 0.25) is 10.0 Å². The van der Waals surface area contributed by atoms with Gasteiger partial charge in [-0.2, -0.15) is 0 Å². The van der Waals surface area contributed by atoms with Crippen molar-refractivity contribution in [1.82, 2.24) is 4.98 Å². The van der Waals surface area contributed by atoms with Crippen LogP contribution in [0.5, 0.6) is 11.5 Å². The molecular weight excluding hydrogens is 504 g/mol. The SMILES string of the molecule is I.NC(=NCCNc1ncc(Cl)cc1Cl)Nc1ccc2c(c1)OCCCO2. The number of hydrogen-bond donors (Lipinski definition) is 3. The minimum Gasteiger partial charge on any atom is -0.490 e. The number of rotatable bonds is 5. The maximum absolute atomic E-state index is 6.04. The van der Waals surface area contributed by atoms with Gasteiger partial charge in [0.2, 0.25) is 0 Å². The zero-order valence-electron chi connectivity index (χ0n) is 14.4. The van der Waals surface area contributed by atoms with E-state index in [1.54, 1.807) is 6.07 Å². The van der Waals surface area contributed by atoms with Crippen molar-refractivity contribution >= 4 is 64.6 Å². The molecule has 4 N–H and O–H groups in total. The van der Waals surface area contributed by atoms with E-state index in [0.717, 1.165) is 17.9 Å². The molecular formula is C17H20Cl2IN5O2. The highest BCUT2D eigenvalue weighted by Gasteiger charge is 2.10. The number of aliphatic imine (C=N–C) groups is 1. The lowest BCUT2D eigenvalue weighted by Crippen LogP contribution is -2.23. The summed E-state index contributed by atoms with van der Waals surface area (Å²) >= 11 is 11.9. The van der Waals surface area contributed by atoms with Gasteiger partial charge in [0.05, 0.1) is 29.8 Å². The number of nitrogens with one attached hydrogen (secondary N) is 2. The largest absolute Gasteiger partial charge is 0.490 e. The Morgan fingerprint density at radius 1 is 1.19 bits per heavy atom. The molecule has 1 aromatic heterocycles. The van der Waals surface area contributed by atoms with Crippen molar-refractivity contribution in [2.24, 2.45) is 10.7 Å². The van der Waals surface area contributed by atoms with E-state index in [2.05, 4.69) is 20.6 Å². The molecule has 0 saturated carbocycles. The van der Waals surface area contributed by atoms with Gasteiger partial charge in [-0.05, 0) is 18.2 Å². The smallest absolute Gasteiger partial charge is 0.193 e. The second kappa shape index (κ2) is 10.6. The molecule has 0 radical (unpaired) electrons. The first kappa shape index (κ1) is 21.6. The van der Waals surface area contributed by atoms with Gasteiger partial charge < -0.3 is 25.8 Å². The molecule has 7 nitrogen and oxygen atoms in total. The van der Waals surface area contributed by atoms with Crippen molar-refractivity contribution in [2.75, 3.05) is 36.9 Å². The van der Waals surface area contributed by atoms with E-state index in [-0.39, 0.29) is 24.0 Å². The molecule has 0 unspecified atom stereocenters. The number of aromatic nitrogens is 1. The summed E-state index contributed by atoms with van der Waals surface area (Å²) in [6.07, 6.45) is 2.39. The van der Waals surface area contributed by atoms with Gasteiger partial charge in [-0.15, -0.1) is 24.0 Å². The highest BCUT2D eigenvalue weighted by Crippen LogP contribution is 2.32. The van der Waals surface area contributed by atoms with Crippen molar-refractivity contribution in [2.45, 2.75) is 6.42 Å². The molecule has 3 rings (SSSR count). The van der Waals surface area contributed by atoms with E-state index in [4.69, 9.17) is 38.4 Å². The van der Waals surface area contributed by atoms with Crippen molar-refractivity contribution in [3.63, 3.8) is 0 Å². The van der Waals surface area contributed by atoms with Crippen molar-refractivity contribution in [1.29, 1.82) is 0 Å². The molecule has 0 aliphatic carbocycles. The van der Waals surface area contributed by atoms with Crippen LogP contribution in [0, 0.1) is 0 Å². The third-order valence-corrected chi connectivity index (χ3v) is 4.01. The number of nitrogens with two attached hydrogens (primary N) is 1. The van der Waals surface area contributed by atoms with E-state index in [9.17, 15) is 0 Å². The first-order valence-electron chi connectivity index (χ1n) is 8.13. The molecule has 0 spiro atoms. The summed E-state index contributed by atoms with van der Waals surface area (Å²) in [5.41, 5.74) is 6.71. The molecule has 0 atom stereocenters. The van der Waals surface area contributed by atoms with Crippen LogP contribution in [-0.2, 0) is 0 Å². The van der Waals surface area contributed by atoms with Crippen molar-refractivity contribution in [3.8, 4) is 11.5 Å². The standard InChI is InChI=1S/C17H19Cl2N5O2.HI/c18-11-8-13(19)16(23-10-11)21-4-5-22-17(20)24-12-2-3-14-15(9-12)26-7-1-6-25-14;/h2-3,8-10H,1,4-7H2,(H,21,23)(H3,20,22,24);1H. The molecule has 2 heterocycles. The fraction of sp³-hybridized carbons (Fsp3) is 0.294. The Bertz CT molecular complexity index is 807. The minimum atomic E-state index is 0. The lowest BCUT2D eigenvalue weighted by Gasteiger charge is -2.11. The summed E-state index contributed by atoms with van der Waals surface area (Å²) in [6.45, 7) is 2.26. The van der Waals surface area contributed by atoms with Crippen LogP contribution in [-0.4, -0.2) is 37.2 Å². The summed E-state index contributed by atoms with van der Waals surface area (Å²) in [4.78, 5) is 8.38. The topological polar surface area (TPSA) is 93.8 Å². The normalized spacial score (nSPS) is 13.3. The summed E-state index contributed by atoms with van der Waals surface area (Å²) in [5.74, 6) is 2.29. The second-order valence-corrected chi connectivity index (χ2v) is 6.36. The summed E-state index contributed by atoms with van der Waals surface area (Å²) < 4.78 is 11.3. The zero-order chi connectivity index (χ0) is 18.4. The highest BCUT2D eigenvalue weighted by molar-refractivity contribution is 14.0. The monoisotopic (exact) mass is 523 g/mol. The van der Waals surface area contributed by atoms with Gasteiger partial charge in [0, 0.05) is 30.9 Å². The lowest BCUT2D eigenvalue weighted by atomic mass is 10.3. The van der Waals surface area contributed by atoms with E-state index in [1.165, 1.54) is 6.20 Å². The molecule has 146 valence electrons. The predicted octanol–water partition coefficient (Wildman–Crippen LogP) is 4.01. The summed E-state index contributed by atoms with van der Waals surface area (Å²) in [7, 11) is 0. The lowest BCUT2D eigenvalue weighted by molar-refractivity contribution is 0.297. The molecule has 0 amide bonds. The van der Waals surface area contributed by atoms with Gasteiger partial charge in [-0.1, -0.05) is 23.2 Å². The van der Waals surface area contributed by atoms with Gasteiger partial charge in [0.1, 0.15) is 5.82 Å².